The lowest BCUT2D eigenvalue weighted by Crippen LogP contribution is -2.26. The maximum Gasteiger partial charge on any atom is 0.313 e. The van der Waals surface area contributed by atoms with Crippen molar-refractivity contribution in [2.45, 2.75) is 19.4 Å². The molecule has 2 aromatic carbocycles. The molecular formula is C20H18O6S. The normalized spacial score (nSPS) is 12.1. The van der Waals surface area contributed by atoms with Crippen molar-refractivity contribution >= 4 is 43.3 Å². The van der Waals surface area contributed by atoms with Crippen LogP contribution in [0.5, 0.6) is 5.75 Å². The van der Waals surface area contributed by atoms with Gasteiger partial charge in [0.05, 0.1) is 5.39 Å². The first-order chi connectivity index (χ1) is 13.0. The second-order valence-electron chi connectivity index (χ2n) is 6.08. The maximum absolute atomic E-state index is 12.8. The Bertz CT molecular complexity index is 1060. The average molecular weight is 386 g/mol. The molecule has 6 nitrogen and oxygen atoms in total. The number of hydrogen-bond acceptors (Lipinski definition) is 7. The molecule has 1 heterocycles. The Morgan fingerprint density at radius 2 is 1.81 bits per heavy atom. The van der Waals surface area contributed by atoms with E-state index in [1.807, 2.05) is 24.3 Å². The largest absolute Gasteiger partial charge is 0.490 e. The van der Waals surface area contributed by atoms with Gasteiger partial charge in [-0.1, -0.05) is 18.2 Å². The van der Waals surface area contributed by atoms with Crippen molar-refractivity contribution in [3.8, 4) is 5.75 Å². The van der Waals surface area contributed by atoms with Gasteiger partial charge in [0.25, 0.3) is 0 Å². The van der Waals surface area contributed by atoms with E-state index >= 15 is 0 Å². The molecule has 0 bridgehead atoms. The molecule has 0 aliphatic rings. The number of carbonyl (C=O) groups is 2. The van der Waals surface area contributed by atoms with E-state index in [0.29, 0.717) is 16.5 Å². The van der Waals surface area contributed by atoms with Gasteiger partial charge in [-0.3, -0.25) is 14.4 Å². The highest BCUT2D eigenvalue weighted by Gasteiger charge is 2.14. The van der Waals surface area contributed by atoms with E-state index in [9.17, 15) is 19.5 Å². The third-order valence-corrected chi connectivity index (χ3v) is 4.96. The maximum atomic E-state index is 12.8. The fourth-order valence-electron chi connectivity index (χ4n) is 2.61. The summed E-state index contributed by atoms with van der Waals surface area (Å²) in [6, 6.07) is 12.7. The first-order valence-electron chi connectivity index (χ1n) is 8.36. The van der Waals surface area contributed by atoms with E-state index in [2.05, 4.69) is 0 Å². The van der Waals surface area contributed by atoms with Crippen LogP contribution in [-0.2, 0) is 14.3 Å². The molecule has 1 atom stereocenters. The second-order valence-corrected chi connectivity index (χ2v) is 7.17. The number of aliphatic hydroxyl groups is 1. The summed E-state index contributed by atoms with van der Waals surface area (Å²) >= 11 is 1.49. The SMILES string of the molecule is CC(=O)CC(=O)OCC(O)COc1cccc2sc3ccccc3c(=O)c12. The number of ketones is 1. The Kier molecular flexibility index (Phi) is 5.83. The summed E-state index contributed by atoms with van der Waals surface area (Å²) < 4.78 is 12.1. The van der Waals surface area contributed by atoms with Gasteiger partial charge in [0, 0.05) is 14.8 Å². The Morgan fingerprint density at radius 3 is 2.59 bits per heavy atom. The molecule has 0 amide bonds. The van der Waals surface area contributed by atoms with Crippen LogP contribution in [0.1, 0.15) is 13.3 Å². The number of Topliss-reactive ketones (excluding diaryl/α,β-unsaturated/α-hetero) is 1. The van der Waals surface area contributed by atoms with Gasteiger partial charge in [-0.25, -0.2) is 0 Å². The predicted octanol–water partition coefficient (Wildman–Crippen LogP) is 2.68. The first kappa shape index (κ1) is 19.0. The van der Waals surface area contributed by atoms with Crippen molar-refractivity contribution in [1.82, 2.24) is 0 Å². The Labute approximate surface area is 159 Å². The van der Waals surface area contributed by atoms with Crippen LogP contribution in [0.25, 0.3) is 20.2 Å². The predicted molar refractivity (Wildman–Crippen MR) is 103 cm³/mol. The van der Waals surface area contributed by atoms with Gasteiger partial charge in [-0.15, -0.1) is 11.3 Å². The van der Waals surface area contributed by atoms with E-state index in [4.69, 9.17) is 9.47 Å². The number of ether oxygens (including phenoxy) is 2. The van der Waals surface area contributed by atoms with Crippen molar-refractivity contribution in [3.05, 3.63) is 52.7 Å². The highest BCUT2D eigenvalue weighted by atomic mass is 32.1. The van der Waals surface area contributed by atoms with Crippen molar-refractivity contribution in [2.75, 3.05) is 13.2 Å². The molecule has 0 aliphatic heterocycles. The molecule has 0 saturated heterocycles. The molecule has 3 rings (SSSR count). The average Bonchev–Trinajstić information content (AvgIpc) is 2.64. The summed E-state index contributed by atoms with van der Waals surface area (Å²) in [5.41, 5.74) is -0.127. The first-order valence-corrected chi connectivity index (χ1v) is 9.18. The van der Waals surface area contributed by atoms with E-state index in [1.54, 1.807) is 18.2 Å². The molecule has 0 radical (unpaired) electrons. The molecule has 1 N–H and O–H groups in total. The molecule has 3 aromatic rings. The highest BCUT2D eigenvalue weighted by molar-refractivity contribution is 7.24. The van der Waals surface area contributed by atoms with Crippen LogP contribution < -0.4 is 10.2 Å². The number of carbonyl (C=O) groups excluding carboxylic acids is 2. The lowest BCUT2D eigenvalue weighted by Gasteiger charge is -2.14. The van der Waals surface area contributed by atoms with Gasteiger partial charge in [-0.2, -0.15) is 0 Å². The van der Waals surface area contributed by atoms with Crippen molar-refractivity contribution in [3.63, 3.8) is 0 Å². The lowest BCUT2D eigenvalue weighted by atomic mass is 10.1. The fourth-order valence-corrected chi connectivity index (χ4v) is 3.71. The van der Waals surface area contributed by atoms with Gasteiger partial charge in [0.15, 0.2) is 5.43 Å². The number of rotatable bonds is 7. The van der Waals surface area contributed by atoms with Crippen LogP contribution in [-0.4, -0.2) is 36.2 Å². The monoisotopic (exact) mass is 386 g/mol. The van der Waals surface area contributed by atoms with Crippen LogP contribution in [0.15, 0.2) is 47.3 Å². The fraction of sp³-hybridized carbons (Fsp3) is 0.250. The molecule has 0 aliphatic carbocycles. The van der Waals surface area contributed by atoms with Crippen LogP contribution in [0.4, 0.5) is 0 Å². The van der Waals surface area contributed by atoms with Gasteiger partial charge >= 0.3 is 5.97 Å². The third-order valence-electron chi connectivity index (χ3n) is 3.83. The lowest BCUT2D eigenvalue weighted by molar-refractivity contribution is -0.148. The zero-order chi connectivity index (χ0) is 19.4. The van der Waals surface area contributed by atoms with Gasteiger partial charge in [-0.05, 0) is 31.2 Å². The molecule has 140 valence electrons. The van der Waals surface area contributed by atoms with Crippen LogP contribution in [0.3, 0.4) is 0 Å². The van der Waals surface area contributed by atoms with Crippen LogP contribution in [0, 0.1) is 0 Å². The quantitative estimate of drug-likeness (QED) is 0.381. The van der Waals surface area contributed by atoms with E-state index in [-0.39, 0.29) is 30.8 Å². The zero-order valence-electron chi connectivity index (χ0n) is 14.6. The van der Waals surface area contributed by atoms with Gasteiger partial charge in [0.1, 0.15) is 37.3 Å². The second kappa shape index (κ2) is 8.28. The number of hydrogen-bond donors (Lipinski definition) is 1. The summed E-state index contributed by atoms with van der Waals surface area (Å²) in [4.78, 5) is 35.0. The minimum absolute atomic E-state index is 0.127. The molecule has 0 fully saturated rings. The van der Waals surface area contributed by atoms with Crippen molar-refractivity contribution in [2.24, 2.45) is 0 Å². The topological polar surface area (TPSA) is 89.9 Å². The summed E-state index contributed by atoms with van der Waals surface area (Å²) in [6.45, 7) is 0.850. The Hall–Kier alpha value is -2.77. The minimum Gasteiger partial charge on any atom is -0.490 e. The van der Waals surface area contributed by atoms with E-state index in [0.717, 1.165) is 9.40 Å². The molecular weight excluding hydrogens is 368 g/mol. The Balaban J connectivity index is 1.75. The number of aliphatic hydroxyl groups excluding tert-OH is 1. The van der Waals surface area contributed by atoms with Crippen molar-refractivity contribution in [1.29, 1.82) is 0 Å². The number of benzene rings is 2. The van der Waals surface area contributed by atoms with Gasteiger partial charge < -0.3 is 14.6 Å². The molecule has 0 saturated carbocycles. The highest BCUT2D eigenvalue weighted by Crippen LogP contribution is 2.30. The molecule has 27 heavy (non-hydrogen) atoms. The molecule has 7 heteroatoms. The van der Waals surface area contributed by atoms with Crippen LogP contribution in [0.2, 0.25) is 0 Å². The summed E-state index contributed by atoms with van der Waals surface area (Å²) in [7, 11) is 0. The molecule has 1 unspecified atom stereocenters. The Morgan fingerprint density at radius 1 is 1.07 bits per heavy atom. The smallest absolute Gasteiger partial charge is 0.313 e. The van der Waals surface area contributed by atoms with E-state index < -0.39 is 12.1 Å². The third kappa shape index (κ3) is 4.50. The molecule has 0 spiro atoms. The van der Waals surface area contributed by atoms with Crippen molar-refractivity contribution < 1.29 is 24.2 Å². The zero-order valence-corrected chi connectivity index (χ0v) is 15.5. The number of esters is 1. The summed E-state index contributed by atoms with van der Waals surface area (Å²) in [5, 5.41) is 11.0. The summed E-state index contributed by atoms with van der Waals surface area (Å²) in [5.74, 6) is -0.631. The van der Waals surface area contributed by atoms with Crippen LogP contribution >= 0.6 is 11.3 Å². The van der Waals surface area contributed by atoms with E-state index in [1.165, 1.54) is 18.3 Å². The summed E-state index contributed by atoms with van der Waals surface area (Å²) in [6.07, 6.45) is -1.40. The van der Waals surface area contributed by atoms with Gasteiger partial charge in [0.2, 0.25) is 0 Å². The molecule has 1 aromatic heterocycles. The minimum atomic E-state index is -1.07. The number of fused-ring (bicyclic) bond motifs is 2. The standard InChI is InChI=1S/C20H18O6S/c1-12(21)9-18(23)26-11-13(22)10-25-15-6-4-8-17-19(15)20(24)14-5-2-3-7-16(14)27-17/h2-8,13,22H,9-11H2,1H3.